The van der Waals surface area contributed by atoms with E-state index in [1.54, 1.807) is 0 Å². The molecule has 1 saturated carbocycles. The molecule has 0 radical (unpaired) electrons. The molecule has 2 saturated heterocycles. The van der Waals surface area contributed by atoms with Crippen molar-refractivity contribution in [2.45, 2.75) is 64.5 Å². The van der Waals surface area contributed by atoms with E-state index in [1.165, 1.54) is 32.1 Å². The van der Waals surface area contributed by atoms with Gasteiger partial charge in [0.15, 0.2) is 0 Å². The van der Waals surface area contributed by atoms with Crippen molar-refractivity contribution in [2.24, 2.45) is 11.8 Å². The highest BCUT2D eigenvalue weighted by Gasteiger charge is 2.44. The second-order valence-electron chi connectivity index (χ2n) is 7.68. The Morgan fingerprint density at radius 3 is 2.61 bits per heavy atom. The van der Waals surface area contributed by atoms with Crippen LogP contribution >= 0.6 is 0 Å². The average molecular weight is 321 g/mol. The Balaban J connectivity index is 1.60. The van der Waals surface area contributed by atoms with Crippen LogP contribution < -0.4 is 5.32 Å². The van der Waals surface area contributed by atoms with E-state index in [9.17, 15) is 9.59 Å². The van der Waals surface area contributed by atoms with Crippen LogP contribution in [0.5, 0.6) is 0 Å². The second-order valence-corrected chi connectivity index (χ2v) is 7.68. The molecule has 0 unspecified atom stereocenters. The number of hydrogen-bond donors (Lipinski definition) is 1. The predicted molar refractivity (Wildman–Crippen MR) is 89.9 cm³/mol. The molecule has 1 N–H and O–H groups in total. The standard InChI is InChI=1S/C18H31N3O2/c1-3-13(2)16-18(23)21-10-9-20(12-15(21)17(22)19-16)11-14-7-5-4-6-8-14/h13-16H,3-12H2,1-2H3,(H,19,22)/t13-,15+,16-/m0/s1. The summed E-state index contributed by atoms with van der Waals surface area (Å²) in [5.41, 5.74) is 0. The third-order valence-corrected chi connectivity index (χ3v) is 6.07. The van der Waals surface area contributed by atoms with Crippen LogP contribution in [-0.4, -0.2) is 59.9 Å². The van der Waals surface area contributed by atoms with Crippen LogP contribution in [0, 0.1) is 11.8 Å². The maximum Gasteiger partial charge on any atom is 0.246 e. The zero-order valence-corrected chi connectivity index (χ0v) is 14.6. The molecule has 2 aliphatic heterocycles. The lowest BCUT2D eigenvalue weighted by Crippen LogP contribution is -2.70. The Labute approximate surface area is 139 Å². The fourth-order valence-corrected chi connectivity index (χ4v) is 4.34. The number of fused-ring (bicyclic) bond motifs is 1. The zero-order chi connectivity index (χ0) is 16.4. The van der Waals surface area contributed by atoms with Crippen molar-refractivity contribution in [3.63, 3.8) is 0 Å². The van der Waals surface area contributed by atoms with Gasteiger partial charge in [-0.1, -0.05) is 39.5 Å². The first-order valence-electron chi connectivity index (χ1n) is 9.43. The SMILES string of the molecule is CC[C@H](C)[C@@H]1NC(=O)[C@H]2CN(CC3CCCCC3)CCN2C1=O. The Kier molecular flexibility index (Phi) is 5.24. The van der Waals surface area contributed by atoms with Gasteiger partial charge in [0.05, 0.1) is 0 Å². The van der Waals surface area contributed by atoms with Crippen molar-refractivity contribution in [1.29, 1.82) is 0 Å². The zero-order valence-electron chi connectivity index (χ0n) is 14.6. The smallest absolute Gasteiger partial charge is 0.246 e. The maximum absolute atomic E-state index is 12.7. The molecule has 5 heteroatoms. The van der Waals surface area contributed by atoms with E-state index < -0.39 is 0 Å². The fourth-order valence-electron chi connectivity index (χ4n) is 4.34. The van der Waals surface area contributed by atoms with Crippen molar-refractivity contribution in [3.8, 4) is 0 Å². The van der Waals surface area contributed by atoms with E-state index in [2.05, 4.69) is 17.1 Å². The average Bonchev–Trinajstić information content (AvgIpc) is 2.58. The molecule has 3 rings (SSSR count). The molecule has 130 valence electrons. The van der Waals surface area contributed by atoms with Crippen molar-refractivity contribution in [3.05, 3.63) is 0 Å². The summed E-state index contributed by atoms with van der Waals surface area (Å²) in [5.74, 6) is 1.16. The predicted octanol–water partition coefficient (Wildman–Crippen LogP) is 1.62. The van der Waals surface area contributed by atoms with Crippen LogP contribution in [0.1, 0.15) is 52.4 Å². The second kappa shape index (κ2) is 7.20. The van der Waals surface area contributed by atoms with Gasteiger partial charge in [-0.25, -0.2) is 0 Å². The number of nitrogens with zero attached hydrogens (tertiary/aromatic N) is 2. The molecule has 0 aromatic carbocycles. The lowest BCUT2D eigenvalue weighted by atomic mass is 9.88. The summed E-state index contributed by atoms with van der Waals surface area (Å²) >= 11 is 0. The minimum atomic E-state index is -0.325. The van der Waals surface area contributed by atoms with Crippen LogP contribution in [0.4, 0.5) is 0 Å². The van der Waals surface area contributed by atoms with E-state index in [0.717, 1.165) is 25.4 Å². The number of carbonyl (C=O) groups is 2. The summed E-state index contributed by atoms with van der Waals surface area (Å²) in [4.78, 5) is 29.5. The van der Waals surface area contributed by atoms with Gasteiger partial charge in [-0.05, 0) is 24.7 Å². The molecule has 5 nitrogen and oxygen atoms in total. The number of hydrogen-bond acceptors (Lipinski definition) is 3. The molecule has 2 amide bonds. The van der Waals surface area contributed by atoms with Crippen LogP contribution in [0.3, 0.4) is 0 Å². The fraction of sp³-hybridized carbons (Fsp3) is 0.889. The van der Waals surface area contributed by atoms with Gasteiger partial charge in [0.2, 0.25) is 11.8 Å². The van der Waals surface area contributed by atoms with Gasteiger partial charge in [-0.15, -0.1) is 0 Å². The largest absolute Gasteiger partial charge is 0.342 e. The molecule has 0 spiro atoms. The molecule has 0 aromatic heterocycles. The molecule has 2 heterocycles. The summed E-state index contributed by atoms with van der Waals surface area (Å²) < 4.78 is 0. The number of amides is 2. The monoisotopic (exact) mass is 321 g/mol. The lowest BCUT2D eigenvalue weighted by molar-refractivity contribution is -0.154. The minimum absolute atomic E-state index is 0.0447. The topological polar surface area (TPSA) is 52.7 Å². The highest BCUT2D eigenvalue weighted by atomic mass is 16.2. The van der Waals surface area contributed by atoms with Gasteiger partial charge in [0.1, 0.15) is 12.1 Å². The van der Waals surface area contributed by atoms with Gasteiger partial charge in [0, 0.05) is 26.2 Å². The molecule has 0 aromatic rings. The van der Waals surface area contributed by atoms with Crippen molar-refractivity contribution in [1.82, 2.24) is 15.1 Å². The Hall–Kier alpha value is -1.10. The molecule has 3 fully saturated rings. The molecule has 23 heavy (non-hydrogen) atoms. The van der Waals surface area contributed by atoms with Crippen molar-refractivity contribution in [2.75, 3.05) is 26.2 Å². The number of carbonyl (C=O) groups excluding carboxylic acids is 2. The van der Waals surface area contributed by atoms with Crippen molar-refractivity contribution >= 4 is 11.8 Å². The van der Waals surface area contributed by atoms with Crippen LogP contribution in [0.15, 0.2) is 0 Å². The lowest BCUT2D eigenvalue weighted by Gasteiger charge is -2.47. The van der Waals surface area contributed by atoms with Crippen LogP contribution in [0.2, 0.25) is 0 Å². The van der Waals surface area contributed by atoms with Crippen molar-refractivity contribution < 1.29 is 9.59 Å². The Morgan fingerprint density at radius 1 is 1.17 bits per heavy atom. The first-order valence-corrected chi connectivity index (χ1v) is 9.43. The molecule has 3 atom stereocenters. The number of nitrogens with one attached hydrogen (secondary N) is 1. The normalized spacial score (nSPS) is 31.7. The van der Waals surface area contributed by atoms with E-state index in [4.69, 9.17) is 0 Å². The summed E-state index contributed by atoms with van der Waals surface area (Å²) in [6.45, 7) is 7.54. The van der Waals surface area contributed by atoms with Crippen LogP contribution in [-0.2, 0) is 9.59 Å². The quantitative estimate of drug-likeness (QED) is 0.856. The highest BCUT2D eigenvalue weighted by molar-refractivity contribution is 5.97. The van der Waals surface area contributed by atoms with E-state index in [1.807, 2.05) is 11.8 Å². The first-order chi connectivity index (χ1) is 11.1. The first kappa shape index (κ1) is 16.7. The van der Waals surface area contributed by atoms with E-state index in [-0.39, 0.29) is 29.8 Å². The Morgan fingerprint density at radius 2 is 1.91 bits per heavy atom. The van der Waals surface area contributed by atoms with E-state index in [0.29, 0.717) is 13.1 Å². The molecular formula is C18H31N3O2. The molecular weight excluding hydrogens is 290 g/mol. The summed E-state index contributed by atoms with van der Waals surface area (Å²) in [5, 5.41) is 2.98. The molecule has 3 aliphatic rings. The maximum atomic E-state index is 12.7. The molecule has 1 aliphatic carbocycles. The summed E-state index contributed by atoms with van der Waals surface area (Å²) in [7, 11) is 0. The number of rotatable bonds is 4. The van der Waals surface area contributed by atoms with Gasteiger partial charge in [-0.2, -0.15) is 0 Å². The third kappa shape index (κ3) is 3.54. The number of piperazine rings is 2. The van der Waals surface area contributed by atoms with Gasteiger partial charge < -0.3 is 10.2 Å². The van der Waals surface area contributed by atoms with Gasteiger partial charge in [-0.3, -0.25) is 14.5 Å². The highest BCUT2D eigenvalue weighted by Crippen LogP contribution is 2.26. The minimum Gasteiger partial charge on any atom is -0.342 e. The summed E-state index contributed by atoms with van der Waals surface area (Å²) in [6.07, 6.45) is 7.63. The molecule has 0 bridgehead atoms. The van der Waals surface area contributed by atoms with Gasteiger partial charge in [0.25, 0.3) is 0 Å². The Bertz CT molecular complexity index is 448. The van der Waals surface area contributed by atoms with Crippen LogP contribution in [0.25, 0.3) is 0 Å². The third-order valence-electron chi connectivity index (χ3n) is 6.07. The van der Waals surface area contributed by atoms with E-state index >= 15 is 0 Å². The van der Waals surface area contributed by atoms with Gasteiger partial charge >= 0.3 is 0 Å². The summed E-state index contributed by atoms with van der Waals surface area (Å²) in [6, 6.07) is -0.603.